The molecule has 2 aliphatic heterocycles. The van der Waals surface area contributed by atoms with Crippen molar-refractivity contribution < 1.29 is 0 Å². The molecule has 58 valence electrons. The number of hydrogen-bond donors (Lipinski definition) is 0. The molecule has 0 aromatic heterocycles. The van der Waals surface area contributed by atoms with Gasteiger partial charge in [-0.25, -0.2) is 0 Å². The Morgan fingerprint density at radius 3 is 1.70 bits per heavy atom. The van der Waals surface area contributed by atoms with Crippen LogP contribution in [0.3, 0.4) is 0 Å². The van der Waals surface area contributed by atoms with Crippen LogP contribution in [0.1, 0.15) is 20.3 Å². The van der Waals surface area contributed by atoms with Gasteiger partial charge in [0.15, 0.2) is 0 Å². The highest BCUT2D eigenvalue weighted by molar-refractivity contribution is 4.97. The summed E-state index contributed by atoms with van der Waals surface area (Å²) in [6.45, 7) is 9.94. The summed E-state index contributed by atoms with van der Waals surface area (Å²) in [6.07, 6.45) is 1.27. The Kier molecular flexibility index (Phi) is 1.29. The Morgan fingerprint density at radius 1 is 1.10 bits per heavy atom. The van der Waals surface area contributed by atoms with E-state index in [0.717, 1.165) is 0 Å². The van der Waals surface area contributed by atoms with Crippen molar-refractivity contribution in [3.63, 3.8) is 0 Å². The van der Waals surface area contributed by atoms with Gasteiger partial charge < -0.3 is 0 Å². The van der Waals surface area contributed by atoms with Crippen molar-refractivity contribution in [2.24, 2.45) is 0 Å². The third-order valence-electron chi connectivity index (χ3n) is 2.93. The number of hydrogen-bond acceptors (Lipinski definition) is 2. The Morgan fingerprint density at radius 2 is 1.50 bits per heavy atom. The van der Waals surface area contributed by atoms with Crippen LogP contribution in [0.4, 0.5) is 0 Å². The quantitative estimate of drug-likeness (QED) is 0.533. The van der Waals surface area contributed by atoms with Gasteiger partial charge in [-0.05, 0) is 13.3 Å². The van der Waals surface area contributed by atoms with Crippen LogP contribution in [0.2, 0.25) is 0 Å². The zero-order valence-electron chi connectivity index (χ0n) is 6.93. The first-order valence-corrected chi connectivity index (χ1v) is 4.27. The van der Waals surface area contributed by atoms with Crippen molar-refractivity contribution in [1.82, 2.24) is 9.80 Å². The SMILES string of the molecule is CCC(C)(N1CC1)N1CC1. The molecule has 0 aromatic rings. The van der Waals surface area contributed by atoms with Gasteiger partial charge in [0.05, 0.1) is 5.66 Å². The summed E-state index contributed by atoms with van der Waals surface area (Å²) in [6, 6.07) is 0. The van der Waals surface area contributed by atoms with Crippen LogP contribution in [-0.4, -0.2) is 41.6 Å². The van der Waals surface area contributed by atoms with E-state index in [1.807, 2.05) is 0 Å². The normalized spacial score (nSPS) is 27.0. The predicted molar refractivity (Wildman–Crippen MR) is 41.8 cm³/mol. The molecule has 0 radical (unpaired) electrons. The average Bonchev–Trinajstić information content (AvgIpc) is 2.73. The summed E-state index contributed by atoms with van der Waals surface area (Å²) in [4.78, 5) is 5.11. The highest BCUT2D eigenvalue weighted by Gasteiger charge is 2.45. The molecule has 0 spiro atoms. The van der Waals surface area contributed by atoms with Crippen LogP contribution in [0.25, 0.3) is 0 Å². The first-order chi connectivity index (χ1) is 4.77. The molecule has 0 N–H and O–H groups in total. The lowest BCUT2D eigenvalue weighted by atomic mass is 10.1. The predicted octanol–water partition coefficient (Wildman–Crippen LogP) is 0.744. The molecule has 0 aliphatic carbocycles. The van der Waals surface area contributed by atoms with E-state index in [9.17, 15) is 0 Å². The molecule has 0 unspecified atom stereocenters. The lowest BCUT2D eigenvalue weighted by molar-refractivity contribution is 0.112. The van der Waals surface area contributed by atoms with Crippen molar-refractivity contribution in [2.75, 3.05) is 26.2 Å². The summed E-state index contributed by atoms with van der Waals surface area (Å²) in [5.74, 6) is 0. The molecule has 2 rings (SSSR count). The Hall–Kier alpha value is -0.0800. The van der Waals surface area contributed by atoms with Gasteiger partial charge in [0, 0.05) is 26.2 Å². The third kappa shape index (κ3) is 0.867. The van der Waals surface area contributed by atoms with E-state index in [1.54, 1.807) is 0 Å². The van der Waals surface area contributed by atoms with Crippen LogP contribution in [-0.2, 0) is 0 Å². The van der Waals surface area contributed by atoms with Gasteiger partial charge in [0.2, 0.25) is 0 Å². The summed E-state index contributed by atoms with van der Waals surface area (Å²) in [7, 11) is 0. The third-order valence-corrected chi connectivity index (χ3v) is 2.93. The van der Waals surface area contributed by atoms with Crippen molar-refractivity contribution >= 4 is 0 Å². The molecular formula is C8H16N2. The number of rotatable bonds is 3. The lowest BCUT2D eigenvalue weighted by Crippen LogP contribution is -2.41. The average molecular weight is 140 g/mol. The summed E-state index contributed by atoms with van der Waals surface area (Å²) in [5.41, 5.74) is 0.431. The minimum absolute atomic E-state index is 0.431. The molecule has 0 amide bonds. The van der Waals surface area contributed by atoms with E-state index < -0.39 is 0 Å². The monoisotopic (exact) mass is 140 g/mol. The number of nitrogens with zero attached hydrogens (tertiary/aromatic N) is 2. The minimum atomic E-state index is 0.431. The van der Waals surface area contributed by atoms with Gasteiger partial charge in [-0.3, -0.25) is 9.80 Å². The first kappa shape index (κ1) is 6.62. The molecule has 2 heteroatoms. The smallest absolute Gasteiger partial charge is 0.0707 e. The second kappa shape index (κ2) is 1.95. The van der Waals surface area contributed by atoms with E-state index in [0.29, 0.717) is 5.66 Å². The fraction of sp³-hybridized carbons (Fsp3) is 1.00. The molecule has 0 saturated carbocycles. The molecule has 2 fully saturated rings. The molecule has 2 saturated heterocycles. The van der Waals surface area contributed by atoms with Gasteiger partial charge >= 0.3 is 0 Å². The zero-order valence-corrected chi connectivity index (χ0v) is 6.93. The van der Waals surface area contributed by atoms with Crippen molar-refractivity contribution in [3.8, 4) is 0 Å². The van der Waals surface area contributed by atoms with Crippen molar-refractivity contribution in [2.45, 2.75) is 25.9 Å². The van der Waals surface area contributed by atoms with E-state index >= 15 is 0 Å². The minimum Gasteiger partial charge on any atom is -0.283 e. The molecule has 2 aliphatic rings. The molecule has 0 atom stereocenters. The molecule has 2 nitrogen and oxygen atoms in total. The fourth-order valence-corrected chi connectivity index (χ4v) is 1.71. The standard InChI is InChI=1S/C8H16N2/c1-3-8(2,9-4-5-9)10-6-7-10/h3-7H2,1-2H3. The van der Waals surface area contributed by atoms with Crippen LogP contribution < -0.4 is 0 Å². The summed E-state index contributed by atoms with van der Waals surface area (Å²) in [5, 5.41) is 0. The Bertz CT molecular complexity index is 124. The second-order valence-corrected chi connectivity index (χ2v) is 3.54. The van der Waals surface area contributed by atoms with Gasteiger partial charge in [0.1, 0.15) is 0 Å². The van der Waals surface area contributed by atoms with Crippen molar-refractivity contribution in [3.05, 3.63) is 0 Å². The van der Waals surface area contributed by atoms with E-state index in [-0.39, 0.29) is 0 Å². The van der Waals surface area contributed by atoms with Crippen LogP contribution >= 0.6 is 0 Å². The maximum absolute atomic E-state index is 2.56. The first-order valence-electron chi connectivity index (χ1n) is 4.27. The van der Waals surface area contributed by atoms with E-state index in [4.69, 9.17) is 0 Å². The van der Waals surface area contributed by atoms with Crippen LogP contribution in [0, 0.1) is 0 Å². The maximum Gasteiger partial charge on any atom is 0.0707 e. The Balaban J connectivity index is 2.03. The molecule has 0 bridgehead atoms. The fourth-order valence-electron chi connectivity index (χ4n) is 1.71. The van der Waals surface area contributed by atoms with E-state index in [1.165, 1.54) is 32.6 Å². The lowest BCUT2D eigenvalue weighted by Gasteiger charge is -2.31. The zero-order chi connectivity index (χ0) is 7.19. The highest BCUT2D eigenvalue weighted by atomic mass is 15.5. The topological polar surface area (TPSA) is 6.02 Å². The highest BCUT2D eigenvalue weighted by Crippen LogP contribution is 2.33. The maximum atomic E-state index is 2.56. The molecule has 2 heterocycles. The summed E-state index contributed by atoms with van der Waals surface area (Å²) >= 11 is 0. The van der Waals surface area contributed by atoms with Gasteiger partial charge in [-0.15, -0.1) is 0 Å². The van der Waals surface area contributed by atoms with Crippen LogP contribution in [0.15, 0.2) is 0 Å². The van der Waals surface area contributed by atoms with Gasteiger partial charge in [-0.1, -0.05) is 6.92 Å². The van der Waals surface area contributed by atoms with E-state index in [2.05, 4.69) is 23.6 Å². The van der Waals surface area contributed by atoms with Gasteiger partial charge in [-0.2, -0.15) is 0 Å². The molecular weight excluding hydrogens is 124 g/mol. The van der Waals surface area contributed by atoms with Gasteiger partial charge in [0.25, 0.3) is 0 Å². The second-order valence-electron chi connectivity index (χ2n) is 3.54. The Labute approximate surface area is 62.8 Å². The molecule has 0 aromatic carbocycles. The summed E-state index contributed by atoms with van der Waals surface area (Å²) < 4.78 is 0. The van der Waals surface area contributed by atoms with Crippen LogP contribution in [0.5, 0.6) is 0 Å². The van der Waals surface area contributed by atoms with Crippen molar-refractivity contribution in [1.29, 1.82) is 0 Å². The largest absolute Gasteiger partial charge is 0.283 e. The molecule has 10 heavy (non-hydrogen) atoms.